The van der Waals surface area contributed by atoms with E-state index in [0.29, 0.717) is 16.7 Å². The topological polar surface area (TPSA) is 65.7 Å². The summed E-state index contributed by atoms with van der Waals surface area (Å²) in [6.45, 7) is 1.44. The molecule has 0 radical (unpaired) electrons. The molecule has 0 bridgehead atoms. The van der Waals surface area contributed by atoms with E-state index in [0.717, 1.165) is 0 Å². The fraction of sp³-hybridized carbons (Fsp3) is 0.200. The van der Waals surface area contributed by atoms with Gasteiger partial charge in [-0.3, -0.25) is 9.59 Å². The summed E-state index contributed by atoms with van der Waals surface area (Å²) in [7, 11) is 1.52. The molecule has 0 fully saturated rings. The zero-order chi connectivity index (χ0) is 14.5. The number of benzene rings is 1. The Bertz CT molecular complexity index is 761. The van der Waals surface area contributed by atoms with Crippen LogP contribution in [-0.2, 0) is 9.53 Å². The Labute approximate surface area is 115 Å². The first kappa shape index (κ1) is 13.8. The van der Waals surface area contributed by atoms with Crippen LogP contribution in [0, 0.1) is 11.8 Å². The monoisotopic (exact) mass is 272 g/mol. The first-order valence-corrected chi connectivity index (χ1v) is 5.81. The minimum absolute atomic E-state index is 0.109. The van der Waals surface area contributed by atoms with E-state index < -0.39 is 0 Å². The van der Waals surface area contributed by atoms with Crippen LogP contribution in [0.5, 0.6) is 5.75 Å². The lowest BCUT2D eigenvalue weighted by Gasteiger charge is -2.05. The van der Waals surface area contributed by atoms with E-state index in [9.17, 15) is 9.59 Å². The Kier molecular flexibility index (Phi) is 4.18. The van der Waals surface area contributed by atoms with Crippen molar-refractivity contribution in [2.75, 3.05) is 13.9 Å². The maximum absolute atomic E-state index is 12.1. The molecule has 5 heteroatoms. The van der Waals surface area contributed by atoms with Crippen molar-refractivity contribution in [3.63, 3.8) is 0 Å². The molecule has 0 aliphatic heterocycles. The van der Waals surface area contributed by atoms with Crippen molar-refractivity contribution < 1.29 is 18.7 Å². The van der Waals surface area contributed by atoms with Gasteiger partial charge in [-0.2, -0.15) is 0 Å². The summed E-state index contributed by atoms with van der Waals surface area (Å²) in [5, 5.41) is 0.380. The third-order valence-corrected chi connectivity index (χ3v) is 2.46. The summed E-state index contributed by atoms with van der Waals surface area (Å²) in [5.74, 6) is 5.03. The molecule has 0 aliphatic rings. The summed E-state index contributed by atoms with van der Waals surface area (Å²) >= 11 is 0. The lowest BCUT2D eigenvalue weighted by atomic mass is 10.1. The van der Waals surface area contributed by atoms with Crippen molar-refractivity contribution in [3.05, 3.63) is 40.2 Å². The van der Waals surface area contributed by atoms with E-state index in [1.165, 1.54) is 20.3 Å². The summed E-state index contributed by atoms with van der Waals surface area (Å²) in [6, 6.07) is 4.82. The number of methoxy groups -OCH3 is 1. The molecule has 0 saturated heterocycles. The van der Waals surface area contributed by atoms with Gasteiger partial charge in [0.15, 0.2) is 6.79 Å². The first-order chi connectivity index (χ1) is 9.61. The van der Waals surface area contributed by atoms with Crippen LogP contribution in [-0.4, -0.2) is 19.7 Å². The summed E-state index contributed by atoms with van der Waals surface area (Å²) in [6.07, 6.45) is 1.24. The molecule has 0 amide bonds. The van der Waals surface area contributed by atoms with Crippen molar-refractivity contribution in [3.8, 4) is 17.6 Å². The van der Waals surface area contributed by atoms with Gasteiger partial charge in [-0.15, -0.1) is 0 Å². The lowest BCUT2D eigenvalue weighted by molar-refractivity contribution is -0.111. The normalized spacial score (nSPS) is 9.90. The molecule has 0 N–H and O–H groups in total. The molecule has 1 heterocycles. The van der Waals surface area contributed by atoms with Crippen LogP contribution in [0.1, 0.15) is 12.5 Å². The van der Waals surface area contributed by atoms with Crippen LogP contribution in [0.2, 0.25) is 0 Å². The maximum Gasteiger partial charge on any atom is 0.208 e. The second-order valence-electron chi connectivity index (χ2n) is 3.99. The van der Waals surface area contributed by atoms with Crippen LogP contribution < -0.4 is 10.2 Å². The Morgan fingerprint density at radius 1 is 1.40 bits per heavy atom. The number of ether oxygens (including phenoxy) is 2. The predicted molar refractivity (Wildman–Crippen MR) is 72.5 cm³/mol. The van der Waals surface area contributed by atoms with Gasteiger partial charge in [0.05, 0.1) is 5.39 Å². The Morgan fingerprint density at radius 3 is 2.90 bits per heavy atom. The van der Waals surface area contributed by atoms with Crippen LogP contribution in [0.15, 0.2) is 33.7 Å². The second kappa shape index (κ2) is 6.04. The number of hydrogen-bond donors (Lipinski definition) is 0. The average Bonchev–Trinajstić information content (AvgIpc) is 2.44. The maximum atomic E-state index is 12.1. The van der Waals surface area contributed by atoms with Gasteiger partial charge in [0, 0.05) is 20.1 Å². The van der Waals surface area contributed by atoms with Gasteiger partial charge >= 0.3 is 0 Å². The molecule has 0 spiro atoms. The van der Waals surface area contributed by atoms with Gasteiger partial charge in [-0.05, 0) is 18.1 Å². The number of hydrogen-bond acceptors (Lipinski definition) is 5. The third kappa shape index (κ3) is 3.05. The van der Waals surface area contributed by atoms with E-state index in [1.807, 2.05) is 0 Å². The molecule has 0 unspecified atom stereocenters. The van der Waals surface area contributed by atoms with E-state index in [4.69, 9.17) is 13.9 Å². The number of rotatable bonds is 3. The highest BCUT2D eigenvalue weighted by Crippen LogP contribution is 2.19. The number of ketones is 1. The average molecular weight is 272 g/mol. The molecule has 2 aromatic rings. The lowest BCUT2D eigenvalue weighted by Crippen LogP contribution is -2.06. The molecule has 0 atom stereocenters. The van der Waals surface area contributed by atoms with Gasteiger partial charge in [0.1, 0.15) is 23.2 Å². The number of Topliss-reactive ketones (excluding diaryl/α,β-unsaturated/α-hetero) is 1. The predicted octanol–water partition coefficient (Wildman–Crippen LogP) is 1.72. The van der Waals surface area contributed by atoms with Crippen molar-refractivity contribution in [2.24, 2.45) is 0 Å². The number of carbonyl (C=O) groups is 1. The quantitative estimate of drug-likeness (QED) is 0.628. The second-order valence-corrected chi connectivity index (χ2v) is 3.99. The van der Waals surface area contributed by atoms with E-state index in [2.05, 4.69) is 11.8 Å². The Hall–Kier alpha value is -2.58. The highest BCUT2D eigenvalue weighted by atomic mass is 16.7. The van der Waals surface area contributed by atoms with Gasteiger partial charge in [-0.25, -0.2) is 0 Å². The SMILES string of the molecule is COCOc1ccc2c(=O)c(C#CC(C)=O)coc2c1. The fourth-order valence-corrected chi connectivity index (χ4v) is 1.57. The molecule has 102 valence electrons. The summed E-state index contributed by atoms with van der Waals surface area (Å²) in [5.41, 5.74) is 0.258. The highest BCUT2D eigenvalue weighted by Gasteiger charge is 2.06. The van der Waals surface area contributed by atoms with Gasteiger partial charge < -0.3 is 13.9 Å². The van der Waals surface area contributed by atoms with Crippen molar-refractivity contribution in [1.82, 2.24) is 0 Å². The fourth-order valence-electron chi connectivity index (χ4n) is 1.57. The molecule has 0 aliphatic carbocycles. The van der Waals surface area contributed by atoms with Gasteiger partial charge in [-0.1, -0.05) is 5.92 Å². The van der Waals surface area contributed by atoms with E-state index in [-0.39, 0.29) is 23.6 Å². The van der Waals surface area contributed by atoms with Crippen LogP contribution in [0.4, 0.5) is 0 Å². The minimum atomic E-state index is -0.312. The Balaban J connectivity index is 2.45. The molecule has 20 heavy (non-hydrogen) atoms. The largest absolute Gasteiger partial charge is 0.467 e. The smallest absolute Gasteiger partial charge is 0.208 e. The van der Waals surface area contributed by atoms with E-state index >= 15 is 0 Å². The van der Waals surface area contributed by atoms with Crippen LogP contribution in [0.3, 0.4) is 0 Å². The molecule has 1 aromatic heterocycles. The number of fused-ring (bicyclic) bond motifs is 1. The van der Waals surface area contributed by atoms with Gasteiger partial charge in [0.2, 0.25) is 11.2 Å². The number of carbonyl (C=O) groups excluding carboxylic acids is 1. The molecular formula is C15H12O5. The highest BCUT2D eigenvalue weighted by molar-refractivity contribution is 5.94. The Morgan fingerprint density at radius 2 is 2.20 bits per heavy atom. The van der Waals surface area contributed by atoms with Gasteiger partial charge in [0.25, 0.3) is 0 Å². The zero-order valence-corrected chi connectivity index (χ0v) is 11.1. The van der Waals surface area contributed by atoms with Crippen molar-refractivity contribution in [2.45, 2.75) is 6.92 Å². The third-order valence-electron chi connectivity index (χ3n) is 2.46. The molecule has 5 nitrogen and oxygen atoms in total. The summed E-state index contributed by atoms with van der Waals surface area (Å²) in [4.78, 5) is 22.9. The van der Waals surface area contributed by atoms with Crippen molar-refractivity contribution in [1.29, 1.82) is 0 Å². The zero-order valence-electron chi connectivity index (χ0n) is 11.1. The van der Waals surface area contributed by atoms with Crippen molar-refractivity contribution >= 4 is 16.8 Å². The minimum Gasteiger partial charge on any atom is -0.467 e. The summed E-state index contributed by atoms with van der Waals surface area (Å²) < 4.78 is 15.4. The standard InChI is InChI=1S/C15H12O5/c1-10(16)3-4-11-8-19-14-7-12(20-9-18-2)5-6-13(14)15(11)17/h5-8H,9H2,1-2H3. The first-order valence-electron chi connectivity index (χ1n) is 5.81. The molecule has 2 rings (SSSR count). The van der Waals surface area contributed by atoms with Crippen LogP contribution in [0.25, 0.3) is 11.0 Å². The molecular weight excluding hydrogens is 260 g/mol. The molecule has 1 aromatic carbocycles. The van der Waals surface area contributed by atoms with Crippen LogP contribution >= 0.6 is 0 Å². The van der Waals surface area contributed by atoms with E-state index in [1.54, 1.807) is 18.2 Å². The molecule has 0 saturated carbocycles.